The van der Waals surface area contributed by atoms with Gasteiger partial charge in [-0.15, -0.1) is 0 Å². The number of rotatable bonds is 3. The summed E-state index contributed by atoms with van der Waals surface area (Å²) in [6.45, 7) is 1.74. The van der Waals surface area contributed by atoms with Gasteiger partial charge in [0.2, 0.25) is 5.91 Å². The third-order valence-corrected chi connectivity index (χ3v) is 1.75. The van der Waals surface area contributed by atoms with Gasteiger partial charge in [-0.2, -0.15) is 0 Å². The highest BCUT2D eigenvalue weighted by atomic mass is 35.5. The molecule has 76 valence electrons. The molecule has 2 N–H and O–H groups in total. The highest BCUT2D eigenvalue weighted by Crippen LogP contribution is 2.16. The largest absolute Gasteiger partial charge is 0.324 e. The topological polar surface area (TPSA) is 41.1 Å². The molecule has 1 amide bonds. The van der Waals surface area contributed by atoms with Gasteiger partial charge in [-0.1, -0.05) is 6.07 Å². The highest BCUT2D eigenvalue weighted by molar-refractivity contribution is 6.13. The Morgan fingerprint density at radius 1 is 1.57 bits per heavy atom. The second-order valence-corrected chi connectivity index (χ2v) is 3.07. The van der Waals surface area contributed by atoms with Gasteiger partial charge in [0.25, 0.3) is 0 Å². The summed E-state index contributed by atoms with van der Waals surface area (Å²) in [6, 6.07) is 4.41. The molecule has 0 atom stereocenters. The van der Waals surface area contributed by atoms with Crippen molar-refractivity contribution in [3.63, 3.8) is 0 Å². The fourth-order valence-electron chi connectivity index (χ4n) is 1.04. The number of amides is 1. The minimum Gasteiger partial charge on any atom is -0.324 e. The molecular formula is C9H10ClFN2O. The van der Waals surface area contributed by atoms with Gasteiger partial charge in [0, 0.05) is 13.5 Å². The van der Waals surface area contributed by atoms with Gasteiger partial charge in [-0.05, 0) is 29.5 Å². The summed E-state index contributed by atoms with van der Waals surface area (Å²) in [7, 11) is 0. The summed E-state index contributed by atoms with van der Waals surface area (Å²) >= 11 is 5.30. The normalized spacial score (nSPS) is 9.93. The number of nitrogens with one attached hydrogen (secondary N) is 2. The van der Waals surface area contributed by atoms with E-state index in [9.17, 15) is 9.18 Å². The zero-order chi connectivity index (χ0) is 10.6. The molecule has 0 fully saturated rings. The summed E-state index contributed by atoms with van der Waals surface area (Å²) in [5.74, 6) is -0.765. The van der Waals surface area contributed by atoms with Gasteiger partial charge in [-0.25, -0.2) is 9.23 Å². The molecular weight excluding hydrogens is 207 g/mol. The van der Waals surface area contributed by atoms with Crippen LogP contribution in [0.1, 0.15) is 12.5 Å². The average Bonchev–Trinajstić information content (AvgIpc) is 2.10. The van der Waals surface area contributed by atoms with E-state index < -0.39 is 5.82 Å². The standard InChI is InChI=1S/C9H10ClFN2O/c1-6(14)13-9-4-7(5-12-10)2-3-8(9)11/h2-4,12H,5H2,1H3,(H,13,14). The fraction of sp³-hybridized carbons (Fsp3) is 0.222. The second-order valence-electron chi connectivity index (χ2n) is 2.81. The van der Waals surface area contributed by atoms with Crippen molar-refractivity contribution in [2.45, 2.75) is 13.5 Å². The SMILES string of the molecule is CC(=O)Nc1cc(CNCl)ccc1F. The Labute approximate surface area is 86.4 Å². The van der Waals surface area contributed by atoms with Crippen molar-refractivity contribution >= 4 is 23.4 Å². The number of carbonyl (C=O) groups excluding carboxylic acids is 1. The van der Waals surface area contributed by atoms with Crippen LogP contribution in [0, 0.1) is 5.82 Å². The maximum Gasteiger partial charge on any atom is 0.221 e. The second kappa shape index (κ2) is 4.93. The van der Waals surface area contributed by atoms with Crippen molar-refractivity contribution in [2.75, 3.05) is 5.32 Å². The van der Waals surface area contributed by atoms with Crippen molar-refractivity contribution in [1.29, 1.82) is 0 Å². The molecule has 0 saturated carbocycles. The van der Waals surface area contributed by atoms with Crippen molar-refractivity contribution in [3.05, 3.63) is 29.6 Å². The molecule has 0 saturated heterocycles. The molecule has 0 aromatic heterocycles. The van der Waals surface area contributed by atoms with Crippen LogP contribution < -0.4 is 10.2 Å². The Kier molecular flexibility index (Phi) is 3.85. The van der Waals surface area contributed by atoms with Crippen LogP contribution in [0.2, 0.25) is 0 Å². The molecule has 0 aliphatic rings. The van der Waals surface area contributed by atoms with Crippen LogP contribution >= 0.6 is 11.8 Å². The van der Waals surface area contributed by atoms with Gasteiger partial charge in [-0.3, -0.25) is 4.79 Å². The molecule has 5 heteroatoms. The summed E-state index contributed by atoms with van der Waals surface area (Å²) in [6.07, 6.45) is 0. The molecule has 0 unspecified atom stereocenters. The van der Waals surface area contributed by atoms with Crippen LogP contribution in [-0.2, 0) is 11.3 Å². The Morgan fingerprint density at radius 2 is 2.29 bits per heavy atom. The summed E-state index contributed by atoms with van der Waals surface area (Å²) in [5, 5.41) is 2.39. The summed E-state index contributed by atoms with van der Waals surface area (Å²) < 4.78 is 13.1. The first-order valence-corrected chi connectivity index (χ1v) is 4.41. The highest BCUT2D eigenvalue weighted by Gasteiger charge is 2.04. The zero-order valence-electron chi connectivity index (χ0n) is 7.60. The Bertz CT molecular complexity index is 344. The summed E-state index contributed by atoms with van der Waals surface area (Å²) in [4.78, 5) is 13.1. The van der Waals surface area contributed by atoms with E-state index in [-0.39, 0.29) is 11.6 Å². The molecule has 14 heavy (non-hydrogen) atoms. The minimum absolute atomic E-state index is 0.168. The average molecular weight is 217 g/mol. The lowest BCUT2D eigenvalue weighted by Crippen LogP contribution is -2.08. The molecule has 3 nitrogen and oxygen atoms in total. The third-order valence-electron chi connectivity index (χ3n) is 1.61. The minimum atomic E-state index is -0.460. The van der Waals surface area contributed by atoms with Crippen molar-refractivity contribution in [2.24, 2.45) is 0 Å². The van der Waals surface area contributed by atoms with E-state index in [1.807, 2.05) is 0 Å². The molecule has 1 rings (SSSR count). The number of carbonyl (C=O) groups is 1. The molecule has 0 spiro atoms. The van der Waals surface area contributed by atoms with Gasteiger partial charge >= 0.3 is 0 Å². The van der Waals surface area contributed by atoms with Crippen molar-refractivity contribution in [3.8, 4) is 0 Å². The molecule has 0 radical (unpaired) electrons. The number of hydrogen-bond acceptors (Lipinski definition) is 2. The van der Waals surface area contributed by atoms with Crippen LogP contribution in [0.15, 0.2) is 18.2 Å². The van der Waals surface area contributed by atoms with E-state index in [1.165, 1.54) is 19.1 Å². The van der Waals surface area contributed by atoms with E-state index in [2.05, 4.69) is 10.2 Å². The van der Waals surface area contributed by atoms with Crippen LogP contribution in [0.4, 0.5) is 10.1 Å². The van der Waals surface area contributed by atoms with E-state index in [1.54, 1.807) is 6.07 Å². The van der Waals surface area contributed by atoms with E-state index in [0.717, 1.165) is 5.56 Å². The predicted octanol–water partition coefficient (Wildman–Crippen LogP) is 2.03. The predicted molar refractivity (Wildman–Crippen MR) is 53.4 cm³/mol. The van der Waals surface area contributed by atoms with E-state index in [4.69, 9.17) is 11.8 Å². The molecule has 1 aromatic rings. The molecule has 1 aromatic carbocycles. The lowest BCUT2D eigenvalue weighted by molar-refractivity contribution is -0.114. The van der Waals surface area contributed by atoms with Gasteiger partial charge in [0.05, 0.1) is 5.69 Å². The zero-order valence-corrected chi connectivity index (χ0v) is 8.36. The fourth-order valence-corrected chi connectivity index (χ4v) is 1.20. The van der Waals surface area contributed by atoms with Crippen molar-refractivity contribution in [1.82, 2.24) is 4.84 Å². The van der Waals surface area contributed by atoms with E-state index >= 15 is 0 Å². The van der Waals surface area contributed by atoms with Crippen LogP contribution in [-0.4, -0.2) is 5.91 Å². The first-order valence-electron chi connectivity index (χ1n) is 4.03. The van der Waals surface area contributed by atoms with Crippen LogP contribution in [0.25, 0.3) is 0 Å². The Morgan fingerprint density at radius 3 is 2.86 bits per heavy atom. The van der Waals surface area contributed by atoms with Crippen LogP contribution in [0.5, 0.6) is 0 Å². The number of hydrogen-bond donors (Lipinski definition) is 2. The summed E-state index contributed by atoms with van der Waals surface area (Å²) in [5.41, 5.74) is 0.965. The Hall–Kier alpha value is -1.13. The lowest BCUT2D eigenvalue weighted by atomic mass is 10.2. The first-order chi connectivity index (χ1) is 6.63. The Balaban J connectivity index is 2.90. The lowest BCUT2D eigenvalue weighted by Gasteiger charge is -2.06. The van der Waals surface area contributed by atoms with Crippen LogP contribution in [0.3, 0.4) is 0 Å². The third kappa shape index (κ3) is 2.97. The number of anilines is 1. The van der Waals surface area contributed by atoms with Gasteiger partial charge < -0.3 is 5.32 Å². The van der Waals surface area contributed by atoms with E-state index in [0.29, 0.717) is 6.54 Å². The molecule has 0 bridgehead atoms. The molecule has 0 aliphatic carbocycles. The van der Waals surface area contributed by atoms with Gasteiger partial charge in [0.15, 0.2) is 0 Å². The quantitative estimate of drug-likeness (QED) is 0.760. The number of halogens is 2. The number of benzene rings is 1. The first kappa shape index (κ1) is 10.9. The maximum absolute atomic E-state index is 13.1. The smallest absolute Gasteiger partial charge is 0.221 e. The van der Waals surface area contributed by atoms with Crippen molar-refractivity contribution < 1.29 is 9.18 Å². The molecule has 0 aliphatic heterocycles. The molecule has 0 heterocycles. The monoisotopic (exact) mass is 216 g/mol. The van der Waals surface area contributed by atoms with Gasteiger partial charge in [0.1, 0.15) is 5.82 Å². The maximum atomic E-state index is 13.1.